The second-order valence-corrected chi connectivity index (χ2v) is 9.87. The van der Waals surface area contributed by atoms with Gasteiger partial charge in [0.2, 0.25) is 5.91 Å². The number of carbonyl (C=O) groups excluding carboxylic acids is 1. The van der Waals surface area contributed by atoms with E-state index < -0.39 is 0 Å². The molecule has 1 heterocycles. The number of carbonyl (C=O) groups is 1. The van der Waals surface area contributed by atoms with Gasteiger partial charge < -0.3 is 10.2 Å². The molecule has 1 aromatic carbocycles. The minimum atomic E-state index is -0.0591. The number of hydrogen-bond acceptors (Lipinski definition) is 2. The molecule has 5 fully saturated rings. The lowest BCUT2D eigenvalue weighted by Gasteiger charge is -2.55. The molecule has 3 heteroatoms. The molecule has 0 aromatic heterocycles. The molecular formula is C23H32N2O. The van der Waals surface area contributed by atoms with Gasteiger partial charge in [-0.15, -0.1) is 0 Å². The van der Waals surface area contributed by atoms with Crippen molar-refractivity contribution in [3.05, 3.63) is 24.3 Å². The van der Waals surface area contributed by atoms with Crippen molar-refractivity contribution in [3.63, 3.8) is 0 Å². The third-order valence-corrected chi connectivity index (χ3v) is 7.79. The third-order valence-electron chi connectivity index (χ3n) is 7.79. The number of benzene rings is 1. The summed E-state index contributed by atoms with van der Waals surface area (Å²) in [6.45, 7) is 4.65. The van der Waals surface area contributed by atoms with E-state index in [1.54, 1.807) is 0 Å². The molecule has 0 unspecified atom stereocenters. The summed E-state index contributed by atoms with van der Waals surface area (Å²) >= 11 is 0. The predicted octanol–water partition coefficient (Wildman–Crippen LogP) is 5.08. The van der Waals surface area contributed by atoms with E-state index in [0.29, 0.717) is 5.91 Å². The predicted molar refractivity (Wildman–Crippen MR) is 106 cm³/mol. The van der Waals surface area contributed by atoms with Crippen LogP contribution in [0, 0.1) is 29.1 Å². The SMILES string of the molecule is CC1CCN(c2ccc(NC(=O)C34CC5CC(CC(C5)C3)C4)cc2)CC1. The first-order chi connectivity index (χ1) is 12.6. The highest BCUT2D eigenvalue weighted by molar-refractivity contribution is 5.95. The minimum absolute atomic E-state index is 0.0591. The summed E-state index contributed by atoms with van der Waals surface area (Å²) in [5, 5.41) is 3.28. The van der Waals surface area contributed by atoms with Crippen LogP contribution < -0.4 is 10.2 Å². The van der Waals surface area contributed by atoms with E-state index in [1.165, 1.54) is 37.8 Å². The lowest BCUT2D eigenvalue weighted by atomic mass is 9.49. The first-order valence-electron chi connectivity index (χ1n) is 10.8. The fraction of sp³-hybridized carbons (Fsp3) is 0.696. The number of rotatable bonds is 3. The number of nitrogens with one attached hydrogen (secondary N) is 1. The summed E-state index contributed by atoms with van der Waals surface area (Å²) in [5.41, 5.74) is 2.21. The summed E-state index contributed by atoms with van der Waals surface area (Å²) in [6.07, 6.45) is 10.1. The average molecular weight is 353 g/mol. The Hall–Kier alpha value is -1.51. The van der Waals surface area contributed by atoms with Crippen molar-refractivity contribution in [1.29, 1.82) is 0 Å². The van der Waals surface area contributed by atoms with Gasteiger partial charge in [-0.1, -0.05) is 6.92 Å². The molecule has 4 aliphatic carbocycles. The fourth-order valence-corrected chi connectivity index (χ4v) is 6.67. The van der Waals surface area contributed by atoms with Gasteiger partial charge in [0.05, 0.1) is 5.41 Å². The van der Waals surface area contributed by atoms with Crippen LogP contribution in [0.25, 0.3) is 0 Å². The largest absolute Gasteiger partial charge is 0.372 e. The van der Waals surface area contributed by atoms with Crippen LogP contribution in [0.4, 0.5) is 11.4 Å². The summed E-state index contributed by atoms with van der Waals surface area (Å²) < 4.78 is 0. The van der Waals surface area contributed by atoms with Gasteiger partial charge in [0.15, 0.2) is 0 Å². The van der Waals surface area contributed by atoms with Crippen molar-refractivity contribution in [2.45, 2.75) is 58.3 Å². The lowest BCUT2D eigenvalue weighted by Crippen LogP contribution is -2.51. The molecule has 0 atom stereocenters. The topological polar surface area (TPSA) is 32.3 Å². The Kier molecular flexibility index (Phi) is 4.02. The van der Waals surface area contributed by atoms with E-state index in [-0.39, 0.29) is 5.41 Å². The van der Waals surface area contributed by atoms with Crippen molar-refractivity contribution >= 4 is 17.3 Å². The highest BCUT2D eigenvalue weighted by atomic mass is 16.2. The quantitative estimate of drug-likeness (QED) is 0.823. The Morgan fingerprint density at radius 2 is 1.50 bits per heavy atom. The van der Waals surface area contributed by atoms with Crippen molar-refractivity contribution in [2.75, 3.05) is 23.3 Å². The molecule has 5 aliphatic rings. The van der Waals surface area contributed by atoms with Crippen LogP contribution in [-0.4, -0.2) is 19.0 Å². The van der Waals surface area contributed by atoms with Crippen LogP contribution in [0.1, 0.15) is 58.3 Å². The second kappa shape index (κ2) is 6.28. The maximum absolute atomic E-state index is 13.2. The second-order valence-electron chi connectivity index (χ2n) is 9.87. The van der Waals surface area contributed by atoms with E-state index in [1.807, 2.05) is 0 Å². The minimum Gasteiger partial charge on any atom is -0.372 e. The molecule has 0 spiro atoms. The van der Waals surface area contributed by atoms with E-state index in [9.17, 15) is 4.79 Å². The van der Waals surface area contributed by atoms with Crippen molar-refractivity contribution < 1.29 is 4.79 Å². The monoisotopic (exact) mass is 352 g/mol. The fourth-order valence-electron chi connectivity index (χ4n) is 6.67. The van der Waals surface area contributed by atoms with E-state index in [4.69, 9.17) is 0 Å². The van der Waals surface area contributed by atoms with Gasteiger partial charge in [-0.25, -0.2) is 0 Å². The zero-order valence-corrected chi connectivity index (χ0v) is 16.0. The van der Waals surface area contributed by atoms with E-state index in [0.717, 1.165) is 61.7 Å². The van der Waals surface area contributed by atoms with Gasteiger partial charge in [-0.05, 0) is 99.3 Å². The van der Waals surface area contributed by atoms with E-state index in [2.05, 4.69) is 41.4 Å². The van der Waals surface area contributed by atoms with Gasteiger partial charge in [0.1, 0.15) is 0 Å². The molecule has 3 nitrogen and oxygen atoms in total. The Labute approximate surface area is 157 Å². The number of hydrogen-bond donors (Lipinski definition) is 1. The normalized spacial score (nSPS) is 36.3. The zero-order chi connectivity index (χ0) is 17.7. The summed E-state index contributed by atoms with van der Waals surface area (Å²) in [7, 11) is 0. The maximum atomic E-state index is 13.2. The highest BCUT2D eigenvalue weighted by Gasteiger charge is 2.54. The maximum Gasteiger partial charge on any atom is 0.230 e. The Bertz CT molecular complexity index is 637. The highest BCUT2D eigenvalue weighted by Crippen LogP contribution is 2.60. The number of nitrogens with zero attached hydrogens (tertiary/aromatic N) is 1. The van der Waals surface area contributed by atoms with Crippen molar-refractivity contribution in [2.24, 2.45) is 29.1 Å². The van der Waals surface area contributed by atoms with Gasteiger partial charge in [-0.3, -0.25) is 4.79 Å². The van der Waals surface area contributed by atoms with Gasteiger partial charge >= 0.3 is 0 Å². The molecule has 1 saturated heterocycles. The van der Waals surface area contributed by atoms with Crippen LogP contribution in [0.5, 0.6) is 0 Å². The van der Waals surface area contributed by atoms with Gasteiger partial charge in [0, 0.05) is 24.5 Å². The molecule has 0 radical (unpaired) electrons. The molecule has 4 saturated carbocycles. The van der Waals surface area contributed by atoms with Crippen LogP contribution in [0.2, 0.25) is 0 Å². The molecular weight excluding hydrogens is 320 g/mol. The van der Waals surface area contributed by atoms with E-state index >= 15 is 0 Å². The van der Waals surface area contributed by atoms with Crippen LogP contribution >= 0.6 is 0 Å². The van der Waals surface area contributed by atoms with Crippen LogP contribution in [-0.2, 0) is 4.79 Å². The zero-order valence-electron chi connectivity index (χ0n) is 16.0. The first kappa shape index (κ1) is 16.6. The lowest BCUT2D eigenvalue weighted by molar-refractivity contribution is -0.140. The van der Waals surface area contributed by atoms with Crippen LogP contribution in [0.3, 0.4) is 0 Å². The third kappa shape index (κ3) is 2.93. The smallest absolute Gasteiger partial charge is 0.230 e. The molecule has 140 valence electrons. The average Bonchev–Trinajstić information content (AvgIpc) is 2.62. The summed E-state index contributed by atoms with van der Waals surface area (Å²) in [4.78, 5) is 15.6. The van der Waals surface area contributed by atoms with Crippen LogP contribution in [0.15, 0.2) is 24.3 Å². The van der Waals surface area contributed by atoms with Crippen molar-refractivity contribution in [3.8, 4) is 0 Å². The summed E-state index contributed by atoms with van der Waals surface area (Å²) in [5.74, 6) is 3.60. The number of piperidine rings is 1. The molecule has 1 N–H and O–H groups in total. The molecule has 1 amide bonds. The standard InChI is InChI=1S/C23H32N2O/c1-16-6-8-25(9-7-16)21-4-2-20(3-5-21)24-22(26)23-13-17-10-18(14-23)12-19(11-17)15-23/h2-5,16-19H,6-15H2,1H3,(H,24,26). The molecule has 4 bridgehead atoms. The molecule has 1 aromatic rings. The Morgan fingerprint density at radius 3 is 2.04 bits per heavy atom. The molecule has 1 aliphatic heterocycles. The van der Waals surface area contributed by atoms with Crippen molar-refractivity contribution in [1.82, 2.24) is 0 Å². The Balaban J connectivity index is 1.26. The number of amides is 1. The molecule has 26 heavy (non-hydrogen) atoms. The number of anilines is 2. The Morgan fingerprint density at radius 1 is 0.962 bits per heavy atom. The molecule has 6 rings (SSSR count). The van der Waals surface area contributed by atoms with Gasteiger partial charge in [-0.2, -0.15) is 0 Å². The summed E-state index contributed by atoms with van der Waals surface area (Å²) in [6, 6.07) is 8.58. The first-order valence-corrected chi connectivity index (χ1v) is 10.8. The van der Waals surface area contributed by atoms with Gasteiger partial charge in [0.25, 0.3) is 0 Å².